The van der Waals surface area contributed by atoms with Crippen LogP contribution in [0.4, 0.5) is 18.9 Å². The standard InChI is InChI=1S/C31H23F3N2O5/c1-19-16-21(13-14-25(19)40-18-20-8-3-2-4-9-20)28(37)26-27(24-12-5-6-15-35-24)36(30(39)29(26)38)22-10-7-11-23(17-22)41-31(32,33)34/h2-17,27,37H,18H2,1H3/b28-26+. The number of hydrogen-bond acceptors (Lipinski definition) is 6. The molecule has 1 saturated heterocycles. The molecule has 41 heavy (non-hydrogen) atoms. The summed E-state index contributed by atoms with van der Waals surface area (Å²) < 4.78 is 48.5. The predicted molar refractivity (Wildman–Crippen MR) is 144 cm³/mol. The number of alkyl halides is 3. The van der Waals surface area contributed by atoms with E-state index in [1.807, 2.05) is 30.3 Å². The van der Waals surface area contributed by atoms with Gasteiger partial charge in [0.1, 0.15) is 29.9 Å². The Kier molecular flexibility index (Phi) is 7.47. The molecule has 4 aromatic rings. The SMILES string of the molecule is Cc1cc(/C(O)=C2\C(=O)C(=O)N(c3cccc(OC(F)(F)F)c3)C2c2ccccn2)ccc1OCc1ccccc1. The van der Waals surface area contributed by atoms with Crippen LogP contribution in [0, 0.1) is 6.92 Å². The highest BCUT2D eigenvalue weighted by Gasteiger charge is 2.48. The molecule has 1 aliphatic heterocycles. The van der Waals surface area contributed by atoms with Gasteiger partial charge in [-0.25, -0.2) is 0 Å². The Hall–Kier alpha value is -5.12. The number of nitrogens with zero attached hydrogens (tertiary/aromatic N) is 2. The highest BCUT2D eigenvalue weighted by atomic mass is 19.4. The van der Waals surface area contributed by atoms with Gasteiger partial charge in [0.25, 0.3) is 11.7 Å². The van der Waals surface area contributed by atoms with Crippen LogP contribution in [0.3, 0.4) is 0 Å². The number of Topliss-reactive ketones (excluding diaryl/α,β-unsaturated/α-hetero) is 1. The summed E-state index contributed by atoms with van der Waals surface area (Å²) in [7, 11) is 0. The second-order valence-corrected chi connectivity index (χ2v) is 9.22. The van der Waals surface area contributed by atoms with Crippen LogP contribution in [0.2, 0.25) is 0 Å². The van der Waals surface area contributed by atoms with Gasteiger partial charge >= 0.3 is 6.36 Å². The molecule has 1 aromatic heterocycles. The van der Waals surface area contributed by atoms with Crippen molar-refractivity contribution in [1.29, 1.82) is 0 Å². The van der Waals surface area contributed by atoms with E-state index < -0.39 is 35.6 Å². The first kappa shape index (κ1) is 27.4. The molecule has 7 nitrogen and oxygen atoms in total. The van der Waals surface area contributed by atoms with Crippen molar-refractivity contribution in [2.45, 2.75) is 25.9 Å². The first-order chi connectivity index (χ1) is 19.6. The number of hydrogen-bond donors (Lipinski definition) is 1. The number of carbonyl (C=O) groups is 2. The van der Waals surface area contributed by atoms with Crippen molar-refractivity contribution in [2.24, 2.45) is 0 Å². The zero-order valence-corrected chi connectivity index (χ0v) is 21.6. The minimum atomic E-state index is -4.96. The third-order valence-electron chi connectivity index (χ3n) is 6.43. The monoisotopic (exact) mass is 560 g/mol. The van der Waals surface area contributed by atoms with Crippen molar-refractivity contribution in [2.75, 3.05) is 4.90 Å². The van der Waals surface area contributed by atoms with E-state index in [9.17, 15) is 27.9 Å². The van der Waals surface area contributed by atoms with Crippen LogP contribution in [-0.2, 0) is 16.2 Å². The van der Waals surface area contributed by atoms with E-state index in [4.69, 9.17) is 4.74 Å². The zero-order chi connectivity index (χ0) is 29.1. The van der Waals surface area contributed by atoms with E-state index >= 15 is 0 Å². The van der Waals surface area contributed by atoms with Gasteiger partial charge in [-0.3, -0.25) is 19.5 Å². The molecule has 1 atom stereocenters. The number of benzene rings is 3. The molecule has 208 valence electrons. The lowest BCUT2D eigenvalue weighted by molar-refractivity contribution is -0.274. The molecular weight excluding hydrogens is 537 g/mol. The Bertz CT molecular complexity index is 1620. The van der Waals surface area contributed by atoms with Crippen molar-refractivity contribution in [3.8, 4) is 11.5 Å². The number of carbonyl (C=O) groups excluding carboxylic acids is 2. The minimum absolute atomic E-state index is 0.0376. The van der Waals surface area contributed by atoms with Gasteiger partial charge in [-0.15, -0.1) is 13.2 Å². The van der Waals surface area contributed by atoms with E-state index in [2.05, 4.69) is 9.72 Å². The molecule has 1 fully saturated rings. The molecule has 0 radical (unpaired) electrons. The summed E-state index contributed by atoms with van der Waals surface area (Å²) in [6.45, 7) is 2.10. The first-order valence-electron chi connectivity index (χ1n) is 12.5. The van der Waals surface area contributed by atoms with Gasteiger partial charge in [-0.1, -0.05) is 42.5 Å². The summed E-state index contributed by atoms with van der Waals surface area (Å²) in [5, 5.41) is 11.4. The van der Waals surface area contributed by atoms with Crippen LogP contribution in [-0.4, -0.2) is 28.1 Å². The number of ketones is 1. The highest BCUT2D eigenvalue weighted by molar-refractivity contribution is 6.51. The maximum atomic E-state index is 13.3. The van der Waals surface area contributed by atoms with E-state index in [-0.39, 0.29) is 22.5 Å². The number of aromatic nitrogens is 1. The number of anilines is 1. The summed E-state index contributed by atoms with van der Waals surface area (Å²) in [4.78, 5) is 31.9. The van der Waals surface area contributed by atoms with Crippen molar-refractivity contribution in [1.82, 2.24) is 4.98 Å². The molecule has 0 aliphatic carbocycles. The molecule has 1 amide bonds. The van der Waals surface area contributed by atoms with Crippen LogP contribution in [0.1, 0.15) is 28.4 Å². The Morgan fingerprint density at radius 2 is 1.71 bits per heavy atom. The number of aliphatic hydroxyl groups excluding tert-OH is 1. The Labute approximate surface area is 233 Å². The third kappa shape index (κ3) is 5.91. The van der Waals surface area contributed by atoms with Gasteiger partial charge < -0.3 is 14.6 Å². The Morgan fingerprint density at radius 3 is 2.39 bits per heavy atom. The summed E-state index contributed by atoms with van der Waals surface area (Å²) in [5.41, 5.74) is 1.83. The molecule has 10 heteroatoms. The predicted octanol–water partition coefficient (Wildman–Crippen LogP) is 6.49. The molecule has 0 spiro atoms. The Morgan fingerprint density at radius 1 is 0.951 bits per heavy atom. The van der Waals surface area contributed by atoms with Gasteiger partial charge in [-0.05, 0) is 60.5 Å². The molecule has 1 unspecified atom stereocenters. The molecule has 1 N–H and O–H groups in total. The number of aryl methyl sites for hydroxylation is 1. The fourth-order valence-electron chi connectivity index (χ4n) is 4.60. The number of pyridine rings is 1. The maximum Gasteiger partial charge on any atom is 0.573 e. The largest absolute Gasteiger partial charge is 0.573 e. The molecule has 3 aromatic carbocycles. The lowest BCUT2D eigenvalue weighted by Gasteiger charge is -2.25. The average Bonchev–Trinajstić information content (AvgIpc) is 3.22. The minimum Gasteiger partial charge on any atom is -0.507 e. The first-order valence-corrected chi connectivity index (χ1v) is 12.5. The van der Waals surface area contributed by atoms with Crippen LogP contribution in [0.15, 0.2) is 103 Å². The number of ether oxygens (including phenoxy) is 2. The van der Waals surface area contributed by atoms with Crippen LogP contribution >= 0.6 is 0 Å². The number of rotatable bonds is 7. The molecule has 2 heterocycles. The average molecular weight is 561 g/mol. The van der Waals surface area contributed by atoms with E-state index in [0.29, 0.717) is 17.9 Å². The van der Waals surface area contributed by atoms with Gasteiger partial charge in [0.05, 0.1) is 11.3 Å². The topological polar surface area (TPSA) is 89.0 Å². The summed E-state index contributed by atoms with van der Waals surface area (Å²) in [6.07, 6.45) is -3.51. The van der Waals surface area contributed by atoms with Gasteiger partial charge in [0.15, 0.2) is 0 Å². The van der Waals surface area contributed by atoms with Crippen molar-refractivity contribution in [3.63, 3.8) is 0 Å². The van der Waals surface area contributed by atoms with Crippen molar-refractivity contribution >= 4 is 23.1 Å². The molecule has 0 saturated carbocycles. The number of aliphatic hydroxyl groups is 1. The summed E-state index contributed by atoms with van der Waals surface area (Å²) in [6, 6.07) is 22.7. The molecule has 1 aliphatic rings. The van der Waals surface area contributed by atoms with Crippen LogP contribution in [0.5, 0.6) is 11.5 Å². The molecule has 0 bridgehead atoms. The second kappa shape index (κ2) is 11.2. The smallest absolute Gasteiger partial charge is 0.507 e. The fourth-order valence-corrected chi connectivity index (χ4v) is 4.60. The fraction of sp³-hybridized carbons (Fsp3) is 0.129. The van der Waals surface area contributed by atoms with Gasteiger partial charge in [-0.2, -0.15) is 0 Å². The summed E-state index contributed by atoms with van der Waals surface area (Å²) >= 11 is 0. The lowest BCUT2D eigenvalue weighted by atomic mass is 9.97. The van der Waals surface area contributed by atoms with Gasteiger partial charge in [0, 0.05) is 23.5 Å². The van der Waals surface area contributed by atoms with E-state index in [0.717, 1.165) is 22.6 Å². The van der Waals surface area contributed by atoms with E-state index in [1.165, 1.54) is 18.3 Å². The second-order valence-electron chi connectivity index (χ2n) is 9.22. The highest BCUT2D eigenvalue weighted by Crippen LogP contribution is 2.42. The van der Waals surface area contributed by atoms with Crippen LogP contribution in [0.25, 0.3) is 5.76 Å². The Balaban J connectivity index is 1.54. The quantitative estimate of drug-likeness (QED) is 0.158. The number of halogens is 3. The summed E-state index contributed by atoms with van der Waals surface area (Å²) in [5.74, 6) is -2.51. The van der Waals surface area contributed by atoms with Crippen molar-refractivity contribution < 1.29 is 37.3 Å². The maximum absolute atomic E-state index is 13.3. The van der Waals surface area contributed by atoms with Crippen LogP contribution < -0.4 is 14.4 Å². The van der Waals surface area contributed by atoms with Gasteiger partial charge in [0.2, 0.25) is 0 Å². The van der Waals surface area contributed by atoms with Crippen molar-refractivity contribution in [3.05, 3.63) is 125 Å². The van der Waals surface area contributed by atoms with E-state index in [1.54, 1.807) is 43.3 Å². The third-order valence-corrected chi connectivity index (χ3v) is 6.43. The lowest BCUT2D eigenvalue weighted by Crippen LogP contribution is -2.30. The molecular formula is C31H23F3N2O5. The number of amides is 1. The molecule has 5 rings (SSSR count). The zero-order valence-electron chi connectivity index (χ0n) is 21.6. The normalized spacial score (nSPS) is 16.6.